The second-order valence-electron chi connectivity index (χ2n) is 5.56. The first-order chi connectivity index (χ1) is 9.64. The van der Waals surface area contributed by atoms with E-state index < -0.39 is 45.6 Å². The van der Waals surface area contributed by atoms with Crippen LogP contribution in [0.5, 0.6) is 0 Å². The highest BCUT2D eigenvalue weighted by atomic mass is 19.1. The maximum Gasteiger partial charge on any atom is 0.307 e. The Balaban J connectivity index is 2.18. The quantitative estimate of drug-likeness (QED) is 0.652. The van der Waals surface area contributed by atoms with Gasteiger partial charge in [0.05, 0.1) is 28.5 Å². The fourth-order valence-electron chi connectivity index (χ4n) is 2.56. The standard InChI is InChI=1S/C13H13FN2O5/c1-13(2)9(10(13)12(18)19)11(17)15-7-3-6(14)4-8(5-7)16(20)21/h3-5,9-10H,1-2H3,(H,15,17)(H,18,19)/t9-,10+/m1/s1. The summed E-state index contributed by atoms with van der Waals surface area (Å²) in [4.78, 5) is 32.9. The number of anilines is 1. The van der Waals surface area contributed by atoms with Crippen LogP contribution in [-0.2, 0) is 9.59 Å². The topological polar surface area (TPSA) is 110 Å². The molecule has 8 heteroatoms. The predicted octanol–water partition coefficient (Wildman–Crippen LogP) is 2.03. The van der Waals surface area contributed by atoms with E-state index in [0.717, 1.165) is 18.2 Å². The Bertz CT molecular complexity index is 643. The van der Waals surface area contributed by atoms with Crippen molar-refractivity contribution in [1.82, 2.24) is 0 Å². The highest BCUT2D eigenvalue weighted by molar-refractivity contribution is 5.99. The third-order valence-corrected chi connectivity index (χ3v) is 3.74. The molecule has 1 aromatic carbocycles. The molecule has 2 rings (SSSR count). The normalized spacial score (nSPS) is 22.4. The van der Waals surface area contributed by atoms with Gasteiger partial charge in [0.15, 0.2) is 0 Å². The number of benzene rings is 1. The van der Waals surface area contributed by atoms with Gasteiger partial charge in [-0.15, -0.1) is 0 Å². The number of rotatable bonds is 4. The number of nitro benzene ring substituents is 1. The van der Waals surface area contributed by atoms with Crippen LogP contribution in [0.1, 0.15) is 13.8 Å². The minimum atomic E-state index is -1.08. The lowest BCUT2D eigenvalue weighted by Gasteiger charge is -2.06. The molecule has 0 heterocycles. The molecule has 21 heavy (non-hydrogen) atoms. The molecule has 1 amide bonds. The van der Waals surface area contributed by atoms with Crippen LogP contribution < -0.4 is 5.32 Å². The molecule has 0 aromatic heterocycles. The van der Waals surface area contributed by atoms with E-state index in [1.807, 2.05) is 0 Å². The molecular formula is C13H13FN2O5. The summed E-state index contributed by atoms with van der Waals surface area (Å²) in [6, 6.07) is 2.69. The molecule has 1 aliphatic rings. The first-order valence-electron chi connectivity index (χ1n) is 6.13. The van der Waals surface area contributed by atoms with Gasteiger partial charge in [-0.25, -0.2) is 4.39 Å². The highest BCUT2D eigenvalue weighted by Gasteiger charge is 2.65. The van der Waals surface area contributed by atoms with Gasteiger partial charge in [0.2, 0.25) is 5.91 Å². The van der Waals surface area contributed by atoms with Crippen molar-refractivity contribution >= 4 is 23.3 Å². The third-order valence-electron chi connectivity index (χ3n) is 3.74. The molecule has 7 nitrogen and oxygen atoms in total. The number of aliphatic carboxylic acids is 1. The molecule has 1 aliphatic carbocycles. The number of carbonyl (C=O) groups is 2. The van der Waals surface area contributed by atoms with Crippen LogP contribution in [-0.4, -0.2) is 21.9 Å². The number of halogens is 1. The number of carbonyl (C=O) groups excluding carboxylic acids is 1. The predicted molar refractivity (Wildman–Crippen MR) is 70.1 cm³/mol. The van der Waals surface area contributed by atoms with Crippen LogP contribution in [0.4, 0.5) is 15.8 Å². The van der Waals surface area contributed by atoms with Crippen molar-refractivity contribution < 1.29 is 24.0 Å². The molecule has 0 unspecified atom stereocenters. The molecule has 0 saturated heterocycles. The lowest BCUT2D eigenvalue weighted by Crippen LogP contribution is -2.18. The number of carboxylic acid groups (broad SMARTS) is 1. The number of hydrogen-bond donors (Lipinski definition) is 2. The Kier molecular flexibility index (Phi) is 3.40. The number of nitrogens with zero attached hydrogens (tertiary/aromatic N) is 1. The first kappa shape index (κ1) is 14.9. The Labute approximate surface area is 118 Å². The molecule has 1 saturated carbocycles. The molecule has 1 aromatic rings. The molecule has 0 radical (unpaired) electrons. The van der Waals surface area contributed by atoms with Gasteiger partial charge in [0.25, 0.3) is 5.69 Å². The summed E-state index contributed by atoms with van der Waals surface area (Å²) >= 11 is 0. The van der Waals surface area contributed by atoms with Gasteiger partial charge < -0.3 is 10.4 Å². The van der Waals surface area contributed by atoms with Crippen molar-refractivity contribution in [3.8, 4) is 0 Å². The van der Waals surface area contributed by atoms with Crippen LogP contribution in [0.2, 0.25) is 0 Å². The van der Waals surface area contributed by atoms with Crippen molar-refractivity contribution in [1.29, 1.82) is 0 Å². The van der Waals surface area contributed by atoms with Gasteiger partial charge in [-0.1, -0.05) is 13.8 Å². The Morgan fingerprint density at radius 1 is 1.33 bits per heavy atom. The summed E-state index contributed by atoms with van der Waals surface area (Å²) in [7, 11) is 0. The van der Waals surface area contributed by atoms with Gasteiger partial charge >= 0.3 is 5.97 Å². The number of nitro groups is 1. The lowest BCUT2D eigenvalue weighted by atomic mass is 10.1. The molecule has 2 atom stereocenters. The molecule has 0 aliphatic heterocycles. The Morgan fingerprint density at radius 3 is 2.43 bits per heavy atom. The van der Waals surface area contributed by atoms with Crippen molar-refractivity contribution in [2.45, 2.75) is 13.8 Å². The number of carboxylic acids is 1. The van der Waals surface area contributed by atoms with Crippen LogP contribution in [0.15, 0.2) is 18.2 Å². The number of hydrogen-bond acceptors (Lipinski definition) is 4. The zero-order valence-corrected chi connectivity index (χ0v) is 11.3. The van der Waals surface area contributed by atoms with E-state index in [4.69, 9.17) is 5.11 Å². The van der Waals surface area contributed by atoms with Crippen LogP contribution >= 0.6 is 0 Å². The van der Waals surface area contributed by atoms with E-state index >= 15 is 0 Å². The molecule has 0 bridgehead atoms. The van der Waals surface area contributed by atoms with Gasteiger partial charge in [-0.2, -0.15) is 0 Å². The maximum atomic E-state index is 13.3. The lowest BCUT2D eigenvalue weighted by molar-refractivity contribution is -0.385. The van der Waals surface area contributed by atoms with Gasteiger partial charge in [0, 0.05) is 6.07 Å². The minimum Gasteiger partial charge on any atom is -0.481 e. The van der Waals surface area contributed by atoms with Crippen molar-refractivity contribution in [3.05, 3.63) is 34.1 Å². The van der Waals surface area contributed by atoms with E-state index in [9.17, 15) is 24.1 Å². The van der Waals surface area contributed by atoms with Crippen molar-refractivity contribution in [2.75, 3.05) is 5.32 Å². The summed E-state index contributed by atoms with van der Waals surface area (Å²) in [5.74, 6) is -4.10. The SMILES string of the molecule is CC1(C)[C@H](C(=O)O)[C@@H]1C(=O)Nc1cc(F)cc([N+](=O)[O-])c1. The summed E-state index contributed by atoms with van der Waals surface area (Å²) in [5.41, 5.74) is -1.26. The van der Waals surface area contributed by atoms with E-state index in [1.54, 1.807) is 13.8 Å². The van der Waals surface area contributed by atoms with Gasteiger partial charge in [-0.05, 0) is 11.5 Å². The summed E-state index contributed by atoms with van der Waals surface area (Å²) in [6.45, 7) is 3.29. The molecule has 112 valence electrons. The van der Waals surface area contributed by atoms with E-state index in [-0.39, 0.29) is 5.69 Å². The Hall–Kier alpha value is -2.51. The average Bonchev–Trinajstić information content (AvgIpc) is 2.91. The first-order valence-corrected chi connectivity index (χ1v) is 6.13. The van der Waals surface area contributed by atoms with Crippen molar-refractivity contribution in [2.24, 2.45) is 17.3 Å². The highest BCUT2D eigenvalue weighted by Crippen LogP contribution is 2.58. The fourth-order valence-corrected chi connectivity index (χ4v) is 2.56. The van der Waals surface area contributed by atoms with Crippen LogP contribution in [0.3, 0.4) is 0 Å². The monoisotopic (exact) mass is 296 g/mol. The number of amides is 1. The van der Waals surface area contributed by atoms with E-state index in [0.29, 0.717) is 0 Å². The van der Waals surface area contributed by atoms with Crippen LogP contribution in [0.25, 0.3) is 0 Å². The number of non-ortho nitro benzene ring substituents is 1. The molecule has 0 spiro atoms. The smallest absolute Gasteiger partial charge is 0.307 e. The summed E-state index contributed by atoms with van der Waals surface area (Å²) in [5, 5.41) is 22.0. The fraction of sp³-hybridized carbons (Fsp3) is 0.385. The van der Waals surface area contributed by atoms with E-state index in [2.05, 4.69) is 5.32 Å². The third kappa shape index (κ3) is 2.69. The van der Waals surface area contributed by atoms with Crippen molar-refractivity contribution in [3.63, 3.8) is 0 Å². The van der Waals surface area contributed by atoms with Crippen LogP contribution in [0, 0.1) is 33.2 Å². The molecular weight excluding hydrogens is 283 g/mol. The second-order valence-corrected chi connectivity index (χ2v) is 5.56. The second kappa shape index (κ2) is 4.80. The summed E-state index contributed by atoms with van der Waals surface area (Å²) < 4.78 is 13.3. The maximum absolute atomic E-state index is 13.3. The zero-order chi connectivity index (χ0) is 15.9. The molecule has 2 N–H and O–H groups in total. The van der Waals surface area contributed by atoms with Gasteiger partial charge in [-0.3, -0.25) is 19.7 Å². The van der Waals surface area contributed by atoms with E-state index in [1.165, 1.54) is 0 Å². The Morgan fingerprint density at radius 2 is 1.95 bits per heavy atom. The number of nitrogens with one attached hydrogen (secondary N) is 1. The minimum absolute atomic E-state index is 0.0708. The largest absolute Gasteiger partial charge is 0.481 e. The summed E-state index contributed by atoms with van der Waals surface area (Å²) in [6.07, 6.45) is 0. The molecule has 1 fully saturated rings. The zero-order valence-electron chi connectivity index (χ0n) is 11.3. The van der Waals surface area contributed by atoms with Gasteiger partial charge in [0.1, 0.15) is 5.82 Å². The average molecular weight is 296 g/mol.